The maximum absolute atomic E-state index is 12.3. The Kier molecular flexibility index (Phi) is 4.81. The maximum atomic E-state index is 12.3. The first-order chi connectivity index (χ1) is 11.2. The highest BCUT2D eigenvalue weighted by molar-refractivity contribution is 5.96. The van der Waals surface area contributed by atoms with Crippen molar-refractivity contribution in [2.24, 2.45) is 0 Å². The van der Waals surface area contributed by atoms with E-state index in [2.05, 4.69) is 16.0 Å². The Bertz CT molecular complexity index is 590. The topological polar surface area (TPSA) is 79.5 Å². The van der Waals surface area contributed by atoms with Gasteiger partial charge in [0.1, 0.15) is 5.75 Å². The lowest BCUT2D eigenvalue weighted by molar-refractivity contribution is -0.129. The molecule has 2 aliphatic rings. The summed E-state index contributed by atoms with van der Waals surface area (Å²) in [5.41, 5.74) is 0.617. The van der Waals surface area contributed by atoms with E-state index in [-0.39, 0.29) is 30.3 Å². The molecule has 0 bridgehead atoms. The Morgan fingerprint density at radius 2 is 2.00 bits per heavy atom. The molecular formula is C17H23N3O3. The molecule has 1 aliphatic heterocycles. The van der Waals surface area contributed by atoms with Crippen molar-refractivity contribution >= 4 is 17.5 Å². The molecule has 124 valence electrons. The van der Waals surface area contributed by atoms with Crippen molar-refractivity contribution in [3.05, 3.63) is 24.3 Å². The molecule has 3 rings (SSSR count). The number of carbonyl (C=O) groups excluding carboxylic acids is 2. The fourth-order valence-electron chi connectivity index (χ4n) is 3.41. The van der Waals surface area contributed by atoms with Gasteiger partial charge >= 0.3 is 0 Å². The van der Waals surface area contributed by atoms with Gasteiger partial charge in [-0.15, -0.1) is 0 Å². The average molecular weight is 317 g/mol. The summed E-state index contributed by atoms with van der Waals surface area (Å²) in [6, 6.07) is 7.26. The minimum Gasteiger partial charge on any atom is -0.495 e. The maximum Gasteiger partial charge on any atom is 0.237 e. The number of anilines is 1. The van der Waals surface area contributed by atoms with E-state index in [1.165, 1.54) is 6.42 Å². The van der Waals surface area contributed by atoms with Crippen LogP contribution in [0, 0.1) is 0 Å². The van der Waals surface area contributed by atoms with Gasteiger partial charge in [0, 0.05) is 12.1 Å². The first kappa shape index (κ1) is 15.8. The number of hydrogen-bond donors (Lipinski definition) is 3. The lowest BCUT2D eigenvalue weighted by Crippen LogP contribution is -2.65. The monoisotopic (exact) mass is 317 g/mol. The van der Waals surface area contributed by atoms with Gasteiger partial charge in [-0.25, -0.2) is 0 Å². The second-order valence-corrected chi connectivity index (χ2v) is 6.18. The molecule has 2 fully saturated rings. The van der Waals surface area contributed by atoms with E-state index in [9.17, 15) is 9.59 Å². The number of methoxy groups -OCH3 is 1. The summed E-state index contributed by atoms with van der Waals surface area (Å²) in [6.45, 7) is 0. The van der Waals surface area contributed by atoms with Crippen LogP contribution < -0.4 is 20.7 Å². The molecule has 1 saturated heterocycles. The van der Waals surface area contributed by atoms with Gasteiger partial charge in [-0.3, -0.25) is 9.59 Å². The van der Waals surface area contributed by atoms with Crippen molar-refractivity contribution in [2.45, 2.75) is 50.2 Å². The molecule has 23 heavy (non-hydrogen) atoms. The Morgan fingerprint density at radius 1 is 1.26 bits per heavy atom. The molecule has 3 atom stereocenters. The summed E-state index contributed by atoms with van der Waals surface area (Å²) in [6.07, 6.45) is 4.51. The molecular weight excluding hydrogens is 294 g/mol. The Morgan fingerprint density at radius 3 is 2.78 bits per heavy atom. The third-order valence-electron chi connectivity index (χ3n) is 4.60. The van der Waals surface area contributed by atoms with E-state index >= 15 is 0 Å². The minimum atomic E-state index is -0.468. The standard InChI is InChI=1S/C17H23N3O3/c1-23-15-9-5-4-8-13(15)19-16(21)10-14-17(22)20-12-7-3-2-6-11(12)18-14/h4-5,8-9,11-12,14,18H,2-3,6-7,10H2,1H3,(H,19,21)(H,20,22)/t11-,12+,14-/m1/s1. The van der Waals surface area contributed by atoms with Crippen LogP contribution in [0.15, 0.2) is 24.3 Å². The number of para-hydroxylation sites is 2. The van der Waals surface area contributed by atoms with Gasteiger partial charge in [0.25, 0.3) is 0 Å². The smallest absolute Gasteiger partial charge is 0.237 e. The van der Waals surface area contributed by atoms with Gasteiger partial charge in [0.15, 0.2) is 0 Å². The zero-order valence-corrected chi connectivity index (χ0v) is 13.3. The number of ether oxygens (including phenoxy) is 1. The van der Waals surface area contributed by atoms with Crippen LogP contribution in [0.3, 0.4) is 0 Å². The van der Waals surface area contributed by atoms with Crippen LogP contribution >= 0.6 is 0 Å². The summed E-state index contributed by atoms with van der Waals surface area (Å²) in [7, 11) is 1.56. The van der Waals surface area contributed by atoms with Crippen molar-refractivity contribution in [2.75, 3.05) is 12.4 Å². The number of benzene rings is 1. The number of amides is 2. The molecule has 1 aliphatic carbocycles. The van der Waals surface area contributed by atoms with Crippen LogP contribution in [0.4, 0.5) is 5.69 Å². The fraction of sp³-hybridized carbons (Fsp3) is 0.529. The van der Waals surface area contributed by atoms with Crippen LogP contribution in [0.2, 0.25) is 0 Å². The van der Waals surface area contributed by atoms with Crippen molar-refractivity contribution in [1.82, 2.24) is 10.6 Å². The quantitative estimate of drug-likeness (QED) is 0.785. The van der Waals surface area contributed by atoms with Crippen molar-refractivity contribution in [1.29, 1.82) is 0 Å². The Hall–Kier alpha value is -2.08. The molecule has 1 saturated carbocycles. The number of nitrogens with one attached hydrogen (secondary N) is 3. The van der Waals surface area contributed by atoms with Gasteiger partial charge in [-0.2, -0.15) is 0 Å². The second-order valence-electron chi connectivity index (χ2n) is 6.18. The predicted molar refractivity (Wildman–Crippen MR) is 87.4 cm³/mol. The molecule has 1 heterocycles. The van der Waals surface area contributed by atoms with Crippen molar-refractivity contribution in [3.8, 4) is 5.75 Å². The lowest BCUT2D eigenvalue weighted by Gasteiger charge is -2.40. The van der Waals surface area contributed by atoms with E-state index in [4.69, 9.17) is 4.74 Å². The number of fused-ring (bicyclic) bond motifs is 1. The first-order valence-corrected chi connectivity index (χ1v) is 8.16. The summed E-state index contributed by atoms with van der Waals surface area (Å²) < 4.78 is 5.22. The summed E-state index contributed by atoms with van der Waals surface area (Å²) in [5.74, 6) is 0.328. The van der Waals surface area contributed by atoms with E-state index in [1.54, 1.807) is 19.2 Å². The number of hydrogen-bond acceptors (Lipinski definition) is 4. The average Bonchev–Trinajstić information content (AvgIpc) is 2.56. The van der Waals surface area contributed by atoms with Crippen molar-refractivity contribution in [3.63, 3.8) is 0 Å². The number of rotatable bonds is 4. The predicted octanol–water partition coefficient (Wildman–Crippen LogP) is 1.42. The van der Waals surface area contributed by atoms with Gasteiger partial charge in [0.05, 0.1) is 25.3 Å². The molecule has 1 aromatic carbocycles. The lowest BCUT2D eigenvalue weighted by atomic mass is 9.87. The van der Waals surface area contributed by atoms with Gasteiger partial charge in [0.2, 0.25) is 11.8 Å². The van der Waals surface area contributed by atoms with Gasteiger partial charge in [-0.05, 0) is 25.0 Å². The van der Waals surface area contributed by atoms with Crippen LogP contribution in [-0.4, -0.2) is 37.0 Å². The van der Waals surface area contributed by atoms with Crippen LogP contribution in [0.5, 0.6) is 5.75 Å². The van der Waals surface area contributed by atoms with Gasteiger partial charge < -0.3 is 20.7 Å². The van der Waals surface area contributed by atoms with E-state index in [0.717, 1.165) is 19.3 Å². The largest absolute Gasteiger partial charge is 0.495 e. The SMILES string of the molecule is COc1ccccc1NC(=O)C[C@H]1N[C@@H]2CCCC[C@@H]2NC1=O. The van der Waals surface area contributed by atoms with Crippen molar-refractivity contribution < 1.29 is 14.3 Å². The fourth-order valence-corrected chi connectivity index (χ4v) is 3.41. The third-order valence-corrected chi connectivity index (χ3v) is 4.60. The number of piperazine rings is 1. The highest BCUT2D eigenvalue weighted by Crippen LogP contribution is 2.24. The Balaban J connectivity index is 1.60. The zero-order valence-electron chi connectivity index (χ0n) is 13.3. The van der Waals surface area contributed by atoms with Crippen LogP contribution in [0.1, 0.15) is 32.1 Å². The van der Waals surface area contributed by atoms with Gasteiger partial charge in [-0.1, -0.05) is 25.0 Å². The van der Waals surface area contributed by atoms with E-state index < -0.39 is 6.04 Å². The molecule has 0 spiro atoms. The molecule has 0 aromatic heterocycles. The molecule has 6 nitrogen and oxygen atoms in total. The van der Waals surface area contributed by atoms with E-state index in [1.807, 2.05) is 12.1 Å². The summed E-state index contributed by atoms with van der Waals surface area (Å²) >= 11 is 0. The van der Waals surface area contributed by atoms with Crippen LogP contribution in [-0.2, 0) is 9.59 Å². The molecule has 3 N–H and O–H groups in total. The zero-order chi connectivity index (χ0) is 16.2. The molecule has 1 aromatic rings. The normalized spacial score (nSPS) is 26.8. The molecule has 0 radical (unpaired) electrons. The molecule has 2 amide bonds. The van der Waals surface area contributed by atoms with E-state index in [0.29, 0.717) is 11.4 Å². The summed E-state index contributed by atoms with van der Waals surface area (Å²) in [5, 5.41) is 9.22. The number of carbonyl (C=O) groups is 2. The highest BCUT2D eigenvalue weighted by Gasteiger charge is 2.36. The Labute approximate surface area is 136 Å². The molecule has 6 heteroatoms. The highest BCUT2D eigenvalue weighted by atomic mass is 16.5. The first-order valence-electron chi connectivity index (χ1n) is 8.16. The minimum absolute atomic E-state index is 0.0803. The second kappa shape index (κ2) is 7.00. The summed E-state index contributed by atoms with van der Waals surface area (Å²) in [4.78, 5) is 24.4. The third kappa shape index (κ3) is 3.64. The van der Waals surface area contributed by atoms with Crippen LogP contribution in [0.25, 0.3) is 0 Å². The molecule has 0 unspecified atom stereocenters.